The summed E-state index contributed by atoms with van der Waals surface area (Å²) in [6.07, 6.45) is 5.70. The minimum absolute atomic E-state index is 0.130. The second kappa shape index (κ2) is 11.6. The molecule has 0 aromatic heterocycles. The highest BCUT2D eigenvalue weighted by atomic mass is 19.1. The third kappa shape index (κ3) is 6.04. The van der Waals surface area contributed by atoms with Crippen molar-refractivity contribution in [3.8, 4) is 5.75 Å². The molecule has 0 spiro atoms. The van der Waals surface area contributed by atoms with Gasteiger partial charge in [0.05, 0.1) is 12.6 Å². The fourth-order valence-corrected chi connectivity index (χ4v) is 5.29. The van der Waals surface area contributed by atoms with Gasteiger partial charge in [0.25, 0.3) is 0 Å². The van der Waals surface area contributed by atoms with Gasteiger partial charge in [-0.1, -0.05) is 60.7 Å². The van der Waals surface area contributed by atoms with Crippen molar-refractivity contribution in [1.82, 2.24) is 0 Å². The van der Waals surface area contributed by atoms with Crippen molar-refractivity contribution in [2.45, 2.75) is 25.5 Å². The summed E-state index contributed by atoms with van der Waals surface area (Å²) in [5.41, 5.74) is 7.14. The van der Waals surface area contributed by atoms with Gasteiger partial charge < -0.3 is 14.4 Å². The number of nitrogens with zero attached hydrogens (tertiary/aromatic N) is 2. The molecule has 0 radical (unpaired) electrons. The van der Waals surface area contributed by atoms with E-state index in [0.29, 0.717) is 19.1 Å². The maximum atomic E-state index is 13.7. The van der Waals surface area contributed by atoms with Crippen molar-refractivity contribution >= 4 is 17.7 Å². The zero-order chi connectivity index (χ0) is 26.4. The zero-order valence-corrected chi connectivity index (χ0v) is 21.8. The Morgan fingerprint density at radius 3 is 2.49 bits per heavy atom. The van der Waals surface area contributed by atoms with Crippen LogP contribution in [0.15, 0.2) is 108 Å². The number of benzene rings is 4. The van der Waals surface area contributed by atoms with Crippen molar-refractivity contribution in [3.63, 3.8) is 0 Å². The van der Waals surface area contributed by atoms with E-state index in [0.717, 1.165) is 48.5 Å². The van der Waals surface area contributed by atoms with E-state index in [1.807, 2.05) is 42.5 Å². The summed E-state index contributed by atoms with van der Waals surface area (Å²) in [5, 5.41) is 0. The van der Waals surface area contributed by atoms with Crippen LogP contribution in [0.4, 0.5) is 10.1 Å². The molecule has 2 heterocycles. The van der Waals surface area contributed by atoms with Gasteiger partial charge in [0.1, 0.15) is 24.8 Å². The smallest absolute Gasteiger partial charge is 0.208 e. The Kier molecular flexibility index (Phi) is 7.39. The Balaban J connectivity index is 1.24. The van der Waals surface area contributed by atoms with Gasteiger partial charge in [-0.2, -0.15) is 0 Å². The van der Waals surface area contributed by atoms with Gasteiger partial charge in [-0.25, -0.2) is 9.38 Å². The van der Waals surface area contributed by atoms with Gasteiger partial charge >= 0.3 is 0 Å². The molecule has 4 nitrogen and oxygen atoms in total. The van der Waals surface area contributed by atoms with Crippen molar-refractivity contribution in [2.75, 3.05) is 24.6 Å². The van der Waals surface area contributed by atoms with E-state index in [1.54, 1.807) is 12.1 Å². The van der Waals surface area contributed by atoms with Crippen LogP contribution in [-0.4, -0.2) is 25.6 Å². The van der Waals surface area contributed by atoms with Crippen molar-refractivity contribution < 1.29 is 13.9 Å². The van der Waals surface area contributed by atoms with E-state index >= 15 is 0 Å². The van der Waals surface area contributed by atoms with Gasteiger partial charge in [-0.05, 0) is 83.1 Å². The van der Waals surface area contributed by atoms with Gasteiger partial charge in [0, 0.05) is 18.3 Å². The van der Waals surface area contributed by atoms with E-state index < -0.39 is 0 Å². The van der Waals surface area contributed by atoms with E-state index in [1.165, 1.54) is 16.7 Å². The molecule has 0 N–H and O–H groups in total. The molecule has 6 rings (SSSR count). The summed E-state index contributed by atoms with van der Waals surface area (Å²) in [6.45, 7) is 2.79. The Hall–Kier alpha value is -4.38. The lowest BCUT2D eigenvalue weighted by atomic mass is 9.88. The van der Waals surface area contributed by atoms with Crippen LogP contribution >= 0.6 is 0 Å². The predicted molar refractivity (Wildman–Crippen MR) is 155 cm³/mol. The lowest BCUT2D eigenvalue weighted by Crippen LogP contribution is -2.36. The maximum absolute atomic E-state index is 13.7. The molecule has 2 aliphatic rings. The molecule has 0 aliphatic carbocycles. The topological polar surface area (TPSA) is 34.1 Å². The molecular formula is C34H31FN2O2. The molecule has 4 aromatic rings. The first-order chi connectivity index (χ1) is 19.2. The Labute approximate surface area is 229 Å². The SMILES string of the molecule is Fc1ccc(N2CCc3cc(OCc4ccccc4)ccc3C2Cc2ccc(/C=C/C3=NCCO3)cc2)cc1. The number of fused-ring (bicyclic) bond motifs is 1. The first-order valence-electron chi connectivity index (χ1n) is 13.5. The molecule has 1 atom stereocenters. The number of anilines is 1. The van der Waals surface area contributed by atoms with Gasteiger partial charge in [0.15, 0.2) is 0 Å². The summed E-state index contributed by atoms with van der Waals surface area (Å²) in [5.74, 6) is 1.36. The third-order valence-corrected chi connectivity index (χ3v) is 7.31. The molecule has 2 aliphatic heterocycles. The summed E-state index contributed by atoms with van der Waals surface area (Å²) in [7, 11) is 0. The summed E-state index contributed by atoms with van der Waals surface area (Å²) >= 11 is 0. The first-order valence-corrected chi connectivity index (χ1v) is 13.5. The standard InChI is InChI=1S/C34H31FN2O2/c35-29-11-13-30(14-12-29)37-20-18-28-23-31(39-24-27-4-2-1-3-5-27)15-16-32(28)33(37)22-26-8-6-25(7-9-26)10-17-34-36-19-21-38-34/h1-17,23,33H,18-22,24H2/b17-10+. The van der Waals surface area contributed by atoms with Crippen LogP contribution in [0.2, 0.25) is 0 Å². The lowest BCUT2D eigenvalue weighted by molar-refractivity contribution is 0.305. The van der Waals surface area contributed by atoms with Crippen LogP contribution in [0, 0.1) is 5.82 Å². The molecule has 0 saturated heterocycles. The highest BCUT2D eigenvalue weighted by Crippen LogP contribution is 2.37. The quantitative estimate of drug-likeness (QED) is 0.248. The fraction of sp³-hybridized carbons (Fsp3) is 0.206. The Morgan fingerprint density at radius 1 is 0.897 bits per heavy atom. The number of halogens is 1. The van der Waals surface area contributed by atoms with Crippen molar-refractivity contribution in [1.29, 1.82) is 0 Å². The monoisotopic (exact) mass is 518 g/mol. The molecule has 4 aromatic carbocycles. The summed E-state index contributed by atoms with van der Waals surface area (Å²) < 4.78 is 25.3. The molecule has 39 heavy (non-hydrogen) atoms. The van der Waals surface area contributed by atoms with Crippen molar-refractivity contribution in [3.05, 3.63) is 137 Å². The second-order valence-corrected chi connectivity index (χ2v) is 9.92. The fourth-order valence-electron chi connectivity index (χ4n) is 5.29. The molecule has 1 unspecified atom stereocenters. The summed E-state index contributed by atoms with van der Waals surface area (Å²) in [4.78, 5) is 6.71. The second-order valence-electron chi connectivity index (χ2n) is 9.92. The Morgan fingerprint density at radius 2 is 1.72 bits per heavy atom. The van der Waals surface area contributed by atoms with Crippen LogP contribution < -0.4 is 9.64 Å². The van der Waals surface area contributed by atoms with E-state index in [-0.39, 0.29) is 11.9 Å². The molecule has 5 heteroatoms. The molecular weight excluding hydrogens is 487 g/mol. The van der Waals surface area contributed by atoms with E-state index in [4.69, 9.17) is 9.47 Å². The molecule has 0 fully saturated rings. The Bertz CT molecular complexity index is 1460. The number of ether oxygens (including phenoxy) is 2. The molecule has 196 valence electrons. The highest BCUT2D eigenvalue weighted by molar-refractivity contribution is 5.92. The molecule has 0 saturated carbocycles. The van der Waals surface area contributed by atoms with E-state index in [9.17, 15) is 4.39 Å². The van der Waals surface area contributed by atoms with Gasteiger partial charge in [0.2, 0.25) is 5.90 Å². The van der Waals surface area contributed by atoms with Gasteiger partial charge in [-0.15, -0.1) is 0 Å². The van der Waals surface area contributed by atoms with Crippen LogP contribution in [-0.2, 0) is 24.2 Å². The minimum Gasteiger partial charge on any atom is -0.489 e. The van der Waals surface area contributed by atoms with Crippen LogP contribution in [0.25, 0.3) is 6.08 Å². The molecule has 0 bridgehead atoms. The average Bonchev–Trinajstić information content (AvgIpc) is 3.51. The first kappa shape index (κ1) is 24.9. The van der Waals surface area contributed by atoms with Crippen molar-refractivity contribution in [2.24, 2.45) is 4.99 Å². The third-order valence-electron chi connectivity index (χ3n) is 7.31. The average molecular weight is 519 g/mol. The molecule has 0 amide bonds. The highest BCUT2D eigenvalue weighted by Gasteiger charge is 2.28. The van der Waals surface area contributed by atoms with E-state index in [2.05, 4.69) is 64.5 Å². The van der Waals surface area contributed by atoms with Crippen LogP contribution in [0.5, 0.6) is 5.75 Å². The summed E-state index contributed by atoms with van der Waals surface area (Å²) in [6, 6.07) is 32.3. The number of rotatable bonds is 8. The zero-order valence-electron chi connectivity index (χ0n) is 21.8. The number of aliphatic imine (C=N–C) groups is 1. The predicted octanol–water partition coefficient (Wildman–Crippen LogP) is 7.19. The number of hydrogen-bond acceptors (Lipinski definition) is 4. The minimum atomic E-state index is -0.217. The largest absolute Gasteiger partial charge is 0.489 e. The van der Waals surface area contributed by atoms with Crippen LogP contribution in [0.1, 0.15) is 33.9 Å². The maximum Gasteiger partial charge on any atom is 0.208 e. The number of hydrogen-bond donors (Lipinski definition) is 0. The lowest BCUT2D eigenvalue weighted by Gasteiger charge is -2.39. The van der Waals surface area contributed by atoms with Crippen LogP contribution in [0.3, 0.4) is 0 Å². The van der Waals surface area contributed by atoms with Gasteiger partial charge in [-0.3, -0.25) is 0 Å². The normalized spacial score (nSPS) is 16.6.